The van der Waals surface area contributed by atoms with Crippen molar-refractivity contribution in [3.05, 3.63) is 65.2 Å². The normalized spacial score (nSPS) is 23.4. The highest BCUT2D eigenvalue weighted by Crippen LogP contribution is 2.41. The van der Waals surface area contributed by atoms with Crippen LogP contribution < -0.4 is 4.74 Å². The Hall–Kier alpha value is -2.37. The number of ketones is 1. The summed E-state index contributed by atoms with van der Waals surface area (Å²) in [4.78, 5) is 30.9. The number of halogens is 1. The highest BCUT2D eigenvalue weighted by Gasteiger charge is 2.54. The van der Waals surface area contributed by atoms with Gasteiger partial charge >= 0.3 is 0 Å². The van der Waals surface area contributed by atoms with Crippen molar-refractivity contribution in [2.75, 3.05) is 26.2 Å². The van der Waals surface area contributed by atoms with Crippen LogP contribution in [0.15, 0.2) is 48.5 Å². The minimum Gasteiger partial charge on any atom is -0.494 e. The molecule has 0 aromatic heterocycles. The first-order valence-electron chi connectivity index (χ1n) is 10.4. The van der Waals surface area contributed by atoms with Crippen LogP contribution in [0, 0.1) is 5.41 Å². The summed E-state index contributed by atoms with van der Waals surface area (Å²) < 4.78 is 5.52. The van der Waals surface area contributed by atoms with E-state index in [1.807, 2.05) is 49.9 Å². The lowest BCUT2D eigenvalue weighted by atomic mass is 9.78. The second-order valence-corrected chi connectivity index (χ2v) is 8.15. The minimum absolute atomic E-state index is 0. The molecule has 0 spiro atoms. The van der Waals surface area contributed by atoms with E-state index in [4.69, 9.17) is 4.74 Å². The summed E-state index contributed by atoms with van der Waals surface area (Å²) in [5.74, 6) is 0.911. The number of likely N-dealkylation sites (N-methyl/N-ethyl adjacent to an activating group) is 1. The predicted molar refractivity (Wildman–Crippen MR) is 120 cm³/mol. The molecule has 4 rings (SSSR count). The third kappa shape index (κ3) is 3.72. The molecular formula is C24H29ClN2O3. The molecule has 2 atom stereocenters. The summed E-state index contributed by atoms with van der Waals surface area (Å²) >= 11 is 0. The summed E-state index contributed by atoms with van der Waals surface area (Å²) in [5, 5.41) is 0. The molecule has 1 amide bonds. The lowest BCUT2D eigenvalue weighted by Crippen LogP contribution is -2.49. The molecule has 0 N–H and O–H groups in total. The Bertz CT molecular complexity index is 930. The number of benzene rings is 2. The van der Waals surface area contributed by atoms with Crippen molar-refractivity contribution in [1.29, 1.82) is 0 Å². The van der Waals surface area contributed by atoms with Gasteiger partial charge in [0.1, 0.15) is 5.75 Å². The van der Waals surface area contributed by atoms with Crippen molar-refractivity contribution < 1.29 is 14.3 Å². The summed E-state index contributed by atoms with van der Waals surface area (Å²) in [6, 6.07) is 15.2. The molecule has 0 unspecified atom stereocenters. The molecule has 0 aliphatic carbocycles. The summed E-state index contributed by atoms with van der Waals surface area (Å²) in [5.41, 5.74) is 1.66. The standard InChI is InChI=1S/C24H28N2O3.ClH/c1-4-26-21-15-25(14-17-10-12-18(13-11-17)29-5-2)16-24(21,3)22(27)19-8-6-7-9-20(19)23(26)28;/h6-13,21H,4-5,14-16H2,1-3H3;1H/t21-,24+;/m1./s1. The highest BCUT2D eigenvalue weighted by molar-refractivity contribution is 6.12. The number of hydrogen-bond acceptors (Lipinski definition) is 4. The van der Waals surface area contributed by atoms with E-state index in [-0.39, 0.29) is 30.1 Å². The molecule has 6 heteroatoms. The molecule has 0 radical (unpaired) electrons. The van der Waals surface area contributed by atoms with Crippen LogP contribution >= 0.6 is 12.4 Å². The molecule has 2 aliphatic heterocycles. The van der Waals surface area contributed by atoms with Gasteiger partial charge in [-0.2, -0.15) is 0 Å². The van der Waals surface area contributed by atoms with Crippen LogP contribution in [0.5, 0.6) is 5.75 Å². The zero-order valence-corrected chi connectivity index (χ0v) is 18.6. The third-order valence-electron chi connectivity index (χ3n) is 6.26. The van der Waals surface area contributed by atoms with Gasteiger partial charge in [0.2, 0.25) is 0 Å². The molecule has 5 nitrogen and oxygen atoms in total. The smallest absolute Gasteiger partial charge is 0.254 e. The molecule has 1 saturated heterocycles. The molecular weight excluding hydrogens is 400 g/mol. The Balaban J connectivity index is 0.00000256. The predicted octanol–water partition coefficient (Wildman–Crippen LogP) is 4.06. The first-order chi connectivity index (χ1) is 14.0. The van der Waals surface area contributed by atoms with Crippen LogP contribution in [0.1, 0.15) is 47.1 Å². The SMILES string of the molecule is CCOc1ccc(CN2C[C@H]3N(CC)C(=O)c4ccccc4C(=O)[C@@]3(C)C2)cc1.Cl. The number of fused-ring (bicyclic) bond motifs is 2. The number of amides is 1. The van der Waals surface area contributed by atoms with Gasteiger partial charge in [-0.1, -0.05) is 30.3 Å². The monoisotopic (exact) mass is 428 g/mol. The van der Waals surface area contributed by atoms with Gasteiger partial charge < -0.3 is 9.64 Å². The second kappa shape index (κ2) is 8.78. The Morgan fingerprint density at radius 1 is 1.03 bits per heavy atom. The number of Topliss-reactive ketones (excluding diaryl/α,β-unsaturated/α-hetero) is 1. The first kappa shape index (κ1) is 22.3. The lowest BCUT2D eigenvalue weighted by Gasteiger charge is -2.34. The highest BCUT2D eigenvalue weighted by atomic mass is 35.5. The Kier molecular flexibility index (Phi) is 6.53. The van der Waals surface area contributed by atoms with Crippen molar-refractivity contribution >= 4 is 24.1 Å². The molecule has 2 aliphatic rings. The van der Waals surface area contributed by atoms with Gasteiger partial charge in [-0.3, -0.25) is 14.5 Å². The summed E-state index contributed by atoms with van der Waals surface area (Å²) in [7, 11) is 0. The number of nitrogens with zero attached hydrogens (tertiary/aromatic N) is 2. The van der Waals surface area contributed by atoms with Crippen molar-refractivity contribution in [3.8, 4) is 5.75 Å². The summed E-state index contributed by atoms with van der Waals surface area (Å²) in [6.07, 6.45) is 0. The van der Waals surface area contributed by atoms with Gasteiger partial charge in [-0.15, -0.1) is 12.4 Å². The number of carbonyl (C=O) groups excluding carboxylic acids is 2. The van der Waals surface area contributed by atoms with Crippen LogP contribution in [-0.4, -0.2) is 53.8 Å². The fourth-order valence-electron chi connectivity index (χ4n) is 4.82. The van der Waals surface area contributed by atoms with Crippen molar-refractivity contribution in [2.24, 2.45) is 5.41 Å². The van der Waals surface area contributed by atoms with E-state index in [1.165, 1.54) is 5.56 Å². The van der Waals surface area contributed by atoms with Gasteiger partial charge in [0, 0.05) is 31.7 Å². The van der Waals surface area contributed by atoms with E-state index < -0.39 is 5.41 Å². The van der Waals surface area contributed by atoms with Crippen LogP contribution in [0.3, 0.4) is 0 Å². The van der Waals surface area contributed by atoms with Gasteiger partial charge in [0.15, 0.2) is 5.78 Å². The van der Waals surface area contributed by atoms with E-state index in [2.05, 4.69) is 17.0 Å². The number of rotatable bonds is 5. The molecule has 1 fully saturated rings. The van der Waals surface area contributed by atoms with Crippen molar-refractivity contribution in [3.63, 3.8) is 0 Å². The summed E-state index contributed by atoms with van der Waals surface area (Å²) in [6.45, 7) is 9.32. The minimum atomic E-state index is -0.608. The van der Waals surface area contributed by atoms with Crippen molar-refractivity contribution in [1.82, 2.24) is 9.80 Å². The van der Waals surface area contributed by atoms with Gasteiger partial charge in [-0.25, -0.2) is 0 Å². The van der Waals surface area contributed by atoms with E-state index in [9.17, 15) is 9.59 Å². The van der Waals surface area contributed by atoms with Crippen LogP contribution in [0.2, 0.25) is 0 Å². The average molecular weight is 429 g/mol. The molecule has 30 heavy (non-hydrogen) atoms. The van der Waals surface area contributed by atoms with Crippen LogP contribution in [-0.2, 0) is 6.54 Å². The Labute approximate surface area is 184 Å². The first-order valence-corrected chi connectivity index (χ1v) is 10.4. The van der Waals surface area contributed by atoms with E-state index in [0.717, 1.165) is 12.3 Å². The maximum absolute atomic E-state index is 13.5. The zero-order chi connectivity index (χ0) is 20.6. The molecule has 2 aromatic rings. The Morgan fingerprint density at radius 2 is 1.70 bits per heavy atom. The fourth-order valence-corrected chi connectivity index (χ4v) is 4.82. The maximum Gasteiger partial charge on any atom is 0.254 e. The van der Waals surface area contributed by atoms with E-state index >= 15 is 0 Å². The Morgan fingerprint density at radius 3 is 2.33 bits per heavy atom. The van der Waals surface area contributed by atoms with Gasteiger partial charge in [0.25, 0.3) is 5.91 Å². The molecule has 2 aromatic carbocycles. The molecule has 0 saturated carbocycles. The number of ether oxygens (including phenoxy) is 1. The molecule has 0 bridgehead atoms. The maximum atomic E-state index is 13.5. The largest absolute Gasteiger partial charge is 0.494 e. The zero-order valence-electron chi connectivity index (χ0n) is 17.8. The van der Waals surface area contributed by atoms with Crippen molar-refractivity contribution in [2.45, 2.75) is 33.4 Å². The number of likely N-dealkylation sites (tertiary alicyclic amines) is 1. The lowest BCUT2D eigenvalue weighted by molar-refractivity contribution is 0.0560. The third-order valence-corrected chi connectivity index (χ3v) is 6.26. The van der Waals surface area contributed by atoms with E-state index in [0.29, 0.717) is 37.4 Å². The van der Waals surface area contributed by atoms with Crippen LogP contribution in [0.25, 0.3) is 0 Å². The quantitative estimate of drug-likeness (QED) is 0.720. The fraction of sp³-hybridized carbons (Fsp3) is 0.417. The van der Waals surface area contributed by atoms with Gasteiger partial charge in [-0.05, 0) is 44.5 Å². The number of hydrogen-bond donors (Lipinski definition) is 0. The van der Waals surface area contributed by atoms with Crippen LogP contribution in [0.4, 0.5) is 0 Å². The molecule has 2 heterocycles. The topological polar surface area (TPSA) is 49.9 Å². The van der Waals surface area contributed by atoms with Gasteiger partial charge in [0.05, 0.1) is 23.6 Å². The average Bonchev–Trinajstić information content (AvgIpc) is 3.04. The number of carbonyl (C=O) groups is 2. The molecule has 160 valence electrons. The van der Waals surface area contributed by atoms with E-state index in [1.54, 1.807) is 12.1 Å². The second-order valence-electron chi connectivity index (χ2n) is 8.15.